The summed E-state index contributed by atoms with van der Waals surface area (Å²) >= 11 is 0. The summed E-state index contributed by atoms with van der Waals surface area (Å²) in [6.45, 7) is 3.42. The molecular weight excluding hydrogens is 473 g/mol. The van der Waals surface area contributed by atoms with Gasteiger partial charge in [0.2, 0.25) is 5.91 Å². The van der Waals surface area contributed by atoms with Crippen LogP contribution in [-0.2, 0) is 20.8 Å². The van der Waals surface area contributed by atoms with Gasteiger partial charge >= 0.3 is 6.18 Å². The van der Waals surface area contributed by atoms with Gasteiger partial charge in [0, 0.05) is 11.3 Å². The van der Waals surface area contributed by atoms with E-state index in [0.29, 0.717) is 16.7 Å². The normalized spacial score (nSPS) is 18.5. The van der Waals surface area contributed by atoms with Crippen molar-refractivity contribution in [2.24, 2.45) is 11.8 Å². The number of anilines is 1. The smallest absolute Gasteiger partial charge is 0.324 e. The minimum atomic E-state index is -4.66. The quantitative estimate of drug-likeness (QED) is 0.581. The standard InChI is InChI=1S/C22H21F3N4O4S/c1-3-34(32,33)18-9-16(28-20(30)14-6-12(2)7-14)11-26-19(18)29-21(31)17-8-15(22(23,24)25)5-4-13(17)10-27-29/h4-5,8-12,14H,3,6-7H2,1-2H3,(H,28,30). The lowest BCUT2D eigenvalue weighted by molar-refractivity contribution is -0.137. The van der Waals surface area contributed by atoms with Crippen molar-refractivity contribution < 1.29 is 26.4 Å². The molecule has 3 aromatic rings. The predicted molar refractivity (Wildman–Crippen MR) is 118 cm³/mol. The average molecular weight is 494 g/mol. The van der Waals surface area contributed by atoms with E-state index in [1.807, 2.05) is 6.92 Å². The van der Waals surface area contributed by atoms with Gasteiger partial charge in [0.05, 0.1) is 34.8 Å². The summed E-state index contributed by atoms with van der Waals surface area (Å²) in [5.41, 5.74) is -1.84. The van der Waals surface area contributed by atoms with Crippen LogP contribution in [0.3, 0.4) is 0 Å². The van der Waals surface area contributed by atoms with Crippen LogP contribution in [-0.4, -0.2) is 34.8 Å². The van der Waals surface area contributed by atoms with Crippen LogP contribution in [0, 0.1) is 11.8 Å². The third-order valence-electron chi connectivity index (χ3n) is 5.88. The molecule has 1 amide bonds. The molecule has 0 bridgehead atoms. The molecular formula is C22H21F3N4O4S. The summed E-state index contributed by atoms with van der Waals surface area (Å²) in [7, 11) is -3.95. The van der Waals surface area contributed by atoms with Crippen LogP contribution >= 0.6 is 0 Å². The van der Waals surface area contributed by atoms with Gasteiger partial charge < -0.3 is 5.32 Å². The van der Waals surface area contributed by atoms with Crippen LogP contribution in [0.4, 0.5) is 18.9 Å². The molecule has 34 heavy (non-hydrogen) atoms. The fourth-order valence-corrected chi connectivity index (χ4v) is 4.91. The fraction of sp³-hybridized carbons (Fsp3) is 0.364. The summed E-state index contributed by atoms with van der Waals surface area (Å²) in [5, 5.41) is 6.46. The second kappa shape index (κ2) is 8.49. The van der Waals surface area contributed by atoms with Gasteiger partial charge in [0.15, 0.2) is 15.7 Å². The SMILES string of the molecule is CCS(=O)(=O)c1cc(NC(=O)C2CC(C)C2)cnc1-n1ncc2ccc(C(F)(F)F)cc2c1=O. The summed E-state index contributed by atoms with van der Waals surface area (Å²) < 4.78 is 65.7. The van der Waals surface area contributed by atoms with Crippen LogP contribution in [0.1, 0.15) is 32.3 Å². The Bertz CT molecular complexity index is 1440. The van der Waals surface area contributed by atoms with E-state index >= 15 is 0 Å². The molecule has 4 rings (SSSR count). The third-order valence-corrected chi connectivity index (χ3v) is 7.61. The molecule has 1 fully saturated rings. The van der Waals surface area contributed by atoms with Crippen molar-refractivity contribution in [3.63, 3.8) is 0 Å². The van der Waals surface area contributed by atoms with Gasteiger partial charge in [-0.3, -0.25) is 9.59 Å². The Labute approximate surface area is 192 Å². The zero-order chi connectivity index (χ0) is 24.8. The van der Waals surface area contributed by atoms with Crippen molar-refractivity contribution in [1.29, 1.82) is 0 Å². The van der Waals surface area contributed by atoms with E-state index in [1.54, 1.807) is 0 Å². The van der Waals surface area contributed by atoms with Gasteiger partial charge in [-0.15, -0.1) is 0 Å². The minimum absolute atomic E-state index is 0.133. The number of aromatic nitrogens is 3. The molecule has 0 unspecified atom stereocenters. The monoisotopic (exact) mass is 494 g/mol. The Balaban J connectivity index is 1.82. The number of fused-ring (bicyclic) bond motifs is 1. The Kier molecular flexibility index (Phi) is 5.96. The Hall–Kier alpha value is -3.28. The molecule has 0 spiro atoms. The first-order valence-corrected chi connectivity index (χ1v) is 12.2. The molecule has 1 aliphatic carbocycles. The lowest BCUT2D eigenvalue weighted by Crippen LogP contribution is -2.33. The molecule has 0 atom stereocenters. The number of amides is 1. The van der Waals surface area contributed by atoms with Gasteiger partial charge in [-0.05, 0) is 37.0 Å². The van der Waals surface area contributed by atoms with Crippen molar-refractivity contribution in [2.75, 3.05) is 11.1 Å². The topological polar surface area (TPSA) is 111 Å². The highest BCUT2D eigenvalue weighted by molar-refractivity contribution is 7.91. The first-order chi connectivity index (χ1) is 15.9. The molecule has 8 nitrogen and oxygen atoms in total. The number of nitrogens with one attached hydrogen (secondary N) is 1. The van der Waals surface area contributed by atoms with Gasteiger partial charge in [-0.1, -0.05) is 19.9 Å². The molecule has 1 N–H and O–H groups in total. The number of hydrogen-bond donors (Lipinski definition) is 1. The number of carbonyl (C=O) groups excluding carboxylic acids is 1. The lowest BCUT2D eigenvalue weighted by Gasteiger charge is -2.31. The zero-order valence-corrected chi connectivity index (χ0v) is 19.1. The van der Waals surface area contributed by atoms with Crippen molar-refractivity contribution in [2.45, 2.75) is 37.8 Å². The molecule has 1 saturated carbocycles. The summed E-state index contributed by atoms with van der Waals surface area (Å²) in [6.07, 6.45) is -0.855. The number of pyridine rings is 1. The number of rotatable bonds is 5. The summed E-state index contributed by atoms with van der Waals surface area (Å²) in [6, 6.07) is 3.83. The van der Waals surface area contributed by atoms with E-state index in [1.165, 1.54) is 19.2 Å². The maximum atomic E-state index is 13.1. The summed E-state index contributed by atoms with van der Waals surface area (Å²) in [5.74, 6) is -0.682. The van der Waals surface area contributed by atoms with E-state index < -0.39 is 27.1 Å². The Morgan fingerprint density at radius 1 is 1.21 bits per heavy atom. The molecule has 0 aliphatic heterocycles. The van der Waals surface area contributed by atoms with E-state index in [-0.39, 0.29) is 44.8 Å². The largest absolute Gasteiger partial charge is 0.416 e. The highest BCUT2D eigenvalue weighted by Gasteiger charge is 2.32. The van der Waals surface area contributed by atoms with Crippen LogP contribution in [0.25, 0.3) is 16.6 Å². The lowest BCUT2D eigenvalue weighted by atomic mass is 9.75. The van der Waals surface area contributed by atoms with Crippen molar-refractivity contribution in [3.05, 3.63) is 52.6 Å². The molecule has 180 valence electrons. The van der Waals surface area contributed by atoms with Crippen molar-refractivity contribution in [3.8, 4) is 5.82 Å². The van der Waals surface area contributed by atoms with Gasteiger partial charge in [0.25, 0.3) is 5.56 Å². The van der Waals surface area contributed by atoms with Crippen molar-refractivity contribution >= 4 is 32.2 Å². The van der Waals surface area contributed by atoms with Gasteiger partial charge in [0.1, 0.15) is 4.90 Å². The molecule has 1 aliphatic rings. The second-order valence-electron chi connectivity index (χ2n) is 8.37. The molecule has 1 aromatic carbocycles. The van der Waals surface area contributed by atoms with Crippen molar-refractivity contribution in [1.82, 2.24) is 14.8 Å². The number of hydrogen-bond acceptors (Lipinski definition) is 6. The third kappa shape index (κ3) is 4.41. The average Bonchev–Trinajstić information content (AvgIpc) is 2.76. The van der Waals surface area contributed by atoms with Crippen LogP contribution in [0.2, 0.25) is 0 Å². The molecule has 12 heteroatoms. The van der Waals surface area contributed by atoms with E-state index in [2.05, 4.69) is 15.4 Å². The number of alkyl halides is 3. The highest BCUT2D eigenvalue weighted by atomic mass is 32.2. The molecule has 2 aromatic heterocycles. The van der Waals surface area contributed by atoms with E-state index in [0.717, 1.165) is 31.2 Å². The Morgan fingerprint density at radius 2 is 1.91 bits per heavy atom. The molecule has 2 heterocycles. The molecule has 0 radical (unpaired) electrons. The maximum absolute atomic E-state index is 13.1. The fourth-order valence-electron chi connectivity index (χ4n) is 3.88. The summed E-state index contributed by atoms with van der Waals surface area (Å²) in [4.78, 5) is 29.1. The number of benzene rings is 1. The Morgan fingerprint density at radius 3 is 2.53 bits per heavy atom. The minimum Gasteiger partial charge on any atom is -0.324 e. The second-order valence-corrected chi connectivity index (χ2v) is 10.6. The zero-order valence-electron chi connectivity index (χ0n) is 18.3. The number of sulfone groups is 1. The number of carbonyl (C=O) groups is 1. The maximum Gasteiger partial charge on any atom is 0.416 e. The van der Waals surface area contributed by atoms with Crippen LogP contribution in [0.5, 0.6) is 0 Å². The van der Waals surface area contributed by atoms with Crippen LogP contribution < -0.4 is 10.9 Å². The first kappa shape index (κ1) is 23.9. The number of nitrogens with zero attached hydrogens (tertiary/aromatic N) is 3. The first-order valence-electron chi connectivity index (χ1n) is 10.5. The predicted octanol–water partition coefficient (Wildman–Crippen LogP) is 3.58. The molecule has 0 saturated heterocycles. The van der Waals surface area contributed by atoms with E-state index in [9.17, 15) is 31.2 Å². The van der Waals surface area contributed by atoms with E-state index in [4.69, 9.17) is 0 Å². The van der Waals surface area contributed by atoms with Gasteiger partial charge in [-0.2, -0.15) is 23.0 Å². The highest BCUT2D eigenvalue weighted by Crippen LogP contribution is 2.34. The van der Waals surface area contributed by atoms with Crippen LogP contribution in [0.15, 0.2) is 46.3 Å². The number of halogens is 3. The van der Waals surface area contributed by atoms with Gasteiger partial charge in [-0.25, -0.2) is 13.4 Å².